The molecule has 2 rings (SSSR count). The van der Waals surface area contributed by atoms with Gasteiger partial charge in [0.05, 0.1) is 13.7 Å². The van der Waals surface area contributed by atoms with E-state index >= 15 is 0 Å². The predicted octanol–water partition coefficient (Wildman–Crippen LogP) is 2.38. The van der Waals surface area contributed by atoms with Crippen LogP contribution in [-0.2, 0) is 25.5 Å². The number of hydrogen-bond acceptors (Lipinski definition) is 5. The molecule has 0 aliphatic rings. The molecule has 0 spiro atoms. The molecule has 0 radical (unpaired) electrons. The summed E-state index contributed by atoms with van der Waals surface area (Å²) in [5.41, 5.74) is 2.09. The molecule has 0 fully saturated rings. The molecule has 0 saturated heterocycles. The van der Waals surface area contributed by atoms with E-state index in [0.717, 1.165) is 22.2 Å². The third-order valence-electron chi connectivity index (χ3n) is 4.41. The molecular weight excluding hydrogens is 348 g/mol. The second-order valence-corrected chi connectivity index (χ2v) is 6.28. The maximum atomic E-state index is 12.0. The minimum Gasteiger partial charge on any atom is -0.497 e. The highest BCUT2D eigenvalue weighted by molar-refractivity contribution is 5.98. The molecule has 0 aliphatic carbocycles. The molecule has 0 bridgehead atoms. The van der Waals surface area contributed by atoms with Gasteiger partial charge in [0.25, 0.3) is 0 Å². The van der Waals surface area contributed by atoms with Crippen LogP contribution in [-0.4, -0.2) is 42.9 Å². The molecule has 1 amide bonds. The Morgan fingerprint density at radius 3 is 2.70 bits per heavy atom. The monoisotopic (exact) mass is 374 g/mol. The summed E-state index contributed by atoms with van der Waals surface area (Å²) in [7, 11) is 1.62. The lowest BCUT2D eigenvalue weighted by molar-refractivity contribution is -0.151. The quantitative estimate of drug-likeness (QED) is 0.492. The molecule has 1 aromatic heterocycles. The van der Waals surface area contributed by atoms with Gasteiger partial charge in [-0.3, -0.25) is 14.4 Å². The van der Waals surface area contributed by atoms with Crippen LogP contribution < -0.4 is 10.1 Å². The van der Waals surface area contributed by atoms with Gasteiger partial charge in [-0.25, -0.2) is 0 Å². The average molecular weight is 374 g/mol. The number of aromatic nitrogens is 1. The van der Waals surface area contributed by atoms with Crippen LogP contribution in [0.3, 0.4) is 0 Å². The number of rotatable bonds is 10. The van der Waals surface area contributed by atoms with Crippen LogP contribution in [0.15, 0.2) is 24.4 Å². The van der Waals surface area contributed by atoms with E-state index in [9.17, 15) is 14.4 Å². The summed E-state index contributed by atoms with van der Waals surface area (Å²) in [6.07, 6.45) is 2.84. The van der Waals surface area contributed by atoms with E-state index in [1.54, 1.807) is 14.0 Å². The van der Waals surface area contributed by atoms with Gasteiger partial charge in [0.1, 0.15) is 17.5 Å². The third-order valence-corrected chi connectivity index (χ3v) is 4.41. The fourth-order valence-electron chi connectivity index (χ4n) is 2.92. The fourth-order valence-corrected chi connectivity index (χ4v) is 2.92. The molecule has 0 saturated carbocycles. The molecule has 27 heavy (non-hydrogen) atoms. The lowest BCUT2D eigenvalue weighted by atomic mass is 9.99. The number of Topliss-reactive ketones (excluding diaryl/α,β-unsaturated/α-hetero) is 1. The number of H-pyrrole nitrogens is 1. The van der Waals surface area contributed by atoms with E-state index in [2.05, 4.69) is 10.3 Å². The first-order valence-corrected chi connectivity index (χ1v) is 9.04. The highest BCUT2D eigenvalue weighted by Crippen LogP contribution is 2.23. The second-order valence-electron chi connectivity index (χ2n) is 6.28. The molecule has 2 aromatic rings. The number of fused-ring (bicyclic) bond motifs is 1. The van der Waals surface area contributed by atoms with Crippen LogP contribution in [0.2, 0.25) is 0 Å². The maximum Gasteiger partial charge on any atom is 0.316 e. The van der Waals surface area contributed by atoms with Gasteiger partial charge in [0.15, 0.2) is 0 Å². The standard InChI is InChI=1S/C20H26N2O5/c1-4-27-20(25)16(13(2)23)6-8-19(24)21-10-9-14-12-22-18-7-5-15(26-3)11-17(14)18/h5,7,11-12,16,22H,4,6,8-10H2,1-3H3,(H,21,24). The highest BCUT2D eigenvalue weighted by Gasteiger charge is 2.25. The first-order chi connectivity index (χ1) is 13.0. The minimum atomic E-state index is -0.878. The summed E-state index contributed by atoms with van der Waals surface area (Å²) in [6.45, 7) is 3.70. The Bertz CT molecular complexity index is 812. The predicted molar refractivity (Wildman–Crippen MR) is 102 cm³/mol. The molecule has 1 aromatic carbocycles. The molecule has 1 atom stereocenters. The Morgan fingerprint density at radius 1 is 1.26 bits per heavy atom. The van der Waals surface area contributed by atoms with Crippen LogP contribution in [0.1, 0.15) is 32.3 Å². The van der Waals surface area contributed by atoms with E-state index in [4.69, 9.17) is 9.47 Å². The molecule has 1 heterocycles. The number of esters is 1. The number of benzene rings is 1. The maximum absolute atomic E-state index is 12.0. The molecule has 1 unspecified atom stereocenters. The van der Waals surface area contributed by atoms with Crippen molar-refractivity contribution >= 4 is 28.6 Å². The van der Waals surface area contributed by atoms with Crippen LogP contribution in [0.5, 0.6) is 5.75 Å². The lowest BCUT2D eigenvalue weighted by Gasteiger charge is -2.12. The number of carbonyl (C=O) groups is 3. The Labute approximate surface area is 158 Å². The number of ether oxygens (including phenoxy) is 2. The van der Waals surface area contributed by atoms with Crippen molar-refractivity contribution in [3.8, 4) is 5.75 Å². The van der Waals surface area contributed by atoms with Gasteiger partial charge < -0.3 is 19.8 Å². The number of ketones is 1. The average Bonchev–Trinajstić information content (AvgIpc) is 3.04. The molecule has 0 aliphatic heterocycles. The summed E-state index contributed by atoms with van der Waals surface area (Å²) in [5, 5.41) is 3.89. The van der Waals surface area contributed by atoms with Crippen molar-refractivity contribution < 1.29 is 23.9 Å². The van der Waals surface area contributed by atoms with Gasteiger partial charge in [-0.2, -0.15) is 0 Å². The Kier molecular flexibility index (Phi) is 7.40. The molecule has 7 heteroatoms. The summed E-state index contributed by atoms with van der Waals surface area (Å²) >= 11 is 0. The van der Waals surface area contributed by atoms with Gasteiger partial charge >= 0.3 is 5.97 Å². The van der Waals surface area contributed by atoms with Gasteiger partial charge in [0, 0.05) is 30.1 Å². The Morgan fingerprint density at radius 2 is 2.04 bits per heavy atom. The molecule has 146 valence electrons. The van der Waals surface area contributed by atoms with Crippen molar-refractivity contribution in [1.29, 1.82) is 0 Å². The molecular formula is C20H26N2O5. The number of amides is 1. The zero-order valence-corrected chi connectivity index (χ0v) is 16.0. The van der Waals surface area contributed by atoms with Crippen LogP contribution in [0, 0.1) is 5.92 Å². The Balaban J connectivity index is 1.84. The van der Waals surface area contributed by atoms with Gasteiger partial charge in [0.2, 0.25) is 5.91 Å². The van der Waals surface area contributed by atoms with E-state index in [-0.39, 0.29) is 31.1 Å². The van der Waals surface area contributed by atoms with E-state index in [1.165, 1.54) is 6.92 Å². The van der Waals surface area contributed by atoms with E-state index in [1.807, 2.05) is 24.4 Å². The van der Waals surface area contributed by atoms with Crippen molar-refractivity contribution in [2.24, 2.45) is 5.92 Å². The summed E-state index contributed by atoms with van der Waals surface area (Å²) < 4.78 is 10.1. The SMILES string of the molecule is CCOC(=O)C(CCC(=O)NCCc1c[nH]c2ccc(OC)cc12)C(C)=O. The van der Waals surface area contributed by atoms with Gasteiger partial charge in [-0.1, -0.05) is 0 Å². The summed E-state index contributed by atoms with van der Waals surface area (Å²) in [5.74, 6) is -1.14. The number of nitrogens with one attached hydrogen (secondary N) is 2. The number of carbonyl (C=O) groups excluding carboxylic acids is 3. The van der Waals surface area contributed by atoms with Crippen LogP contribution >= 0.6 is 0 Å². The first kappa shape index (κ1) is 20.5. The Hall–Kier alpha value is -2.83. The van der Waals surface area contributed by atoms with E-state index in [0.29, 0.717) is 13.0 Å². The smallest absolute Gasteiger partial charge is 0.316 e. The van der Waals surface area contributed by atoms with Crippen molar-refractivity contribution in [2.75, 3.05) is 20.3 Å². The topological polar surface area (TPSA) is 97.5 Å². The zero-order valence-electron chi connectivity index (χ0n) is 16.0. The molecule has 2 N–H and O–H groups in total. The van der Waals surface area contributed by atoms with Crippen molar-refractivity contribution in [1.82, 2.24) is 10.3 Å². The zero-order chi connectivity index (χ0) is 19.8. The van der Waals surface area contributed by atoms with Crippen LogP contribution in [0.4, 0.5) is 0 Å². The first-order valence-electron chi connectivity index (χ1n) is 9.04. The summed E-state index contributed by atoms with van der Waals surface area (Å²) in [6, 6.07) is 5.80. The minimum absolute atomic E-state index is 0.102. The third kappa shape index (κ3) is 5.57. The van der Waals surface area contributed by atoms with Gasteiger partial charge in [-0.05, 0) is 50.5 Å². The van der Waals surface area contributed by atoms with E-state index < -0.39 is 11.9 Å². The highest BCUT2D eigenvalue weighted by atomic mass is 16.5. The van der Waals surface area contributed by atoms with Crippen molar-refractivity contribution in [2.45, 2.75) is 33.1 Å². The fraction of sp³-hybridized carbons (Fsp3) is 0.450. The lowest BCUT2D eigenvalue weighted by Crippen LogP contribution is -2.29. The number of hydrogen-bond donors (Lipinski definition) is 2. The van der Waals surface area contributed by atoms with Crippen LogP contribution in [0.25, 0.3) is 10.9 Å². The molecule has 7 nitrogen and oxygen atoms in total. The van der Waals surface area contributed by atoms with Crippen molar-refractivity contribution in [3.05, 3.63) is 30.0 Å². The normalized spacial score (nSPS) is 11.8. The van der Waals surface area contributed by atoms with Crippen molar-refractivity contribution in [3.63, 3.8) is 0 Å². The number of methoxy groups -OCH3 is 1. The number of aromatic amines is 1. The second kappa shape index (κ2) is 9.75. The summed E-state index contributed by atoms with van der Waals surface area (Å²) in [4.78, 5) is 38.6. The van der Waals surface area contributed by atoms with Gasteiger partial charge in [-0.15, -0.1) is 0 Å². The largest absolute Gasteiger partial charge is 0.497 e.